The number of fused-ring (bicyclic) bond motifs is 1. The van der Waals surface area contributed by atoms with E-state index >= 15 is 0 Å². The van der Waals surface area contributed by atoms with Gasteiger partial charge in [-0.3, -0.25) is 0 Å². The molecule has 90 valence electrons. The molecule has 0 saturated heterocycles. The molecule has 2 rings (SSSR count). The molecule has 0 heterocycles. The van der Waals surface area contributed by atoms with Crippen LogP contribution in [-0.2, 0) is 6.42 Å². The van der Waals surface area contributed by atoms with Crippen LogP contribution in [-0.4, -0.2) is 11.7 Å². The van der Waals surface area contributed by atoms with Gasteiger partial charge in [0.05, 0.1) is 12.7 Å². The predicted molar refractivity (Wildman–Crippen MR) is 67.9 cm³/mol. The molecule has 2 nitrogen and oxygen atoms in total. The zero-order chi connectivity index (χ0) is 12.1. The van der Waals surface area contributed by atoms with Gasteiger partial charge in [-0.1, -0.05) is 6.07 Å². The van der Waals surface area contributed by atoms with E-state index in [0.29, 0.717) is 6.61 Å². The zero-order valence-electron chi connectivity index (χ0n) is 10.2. The van der Waals surface area contributed by atoms with Crippen LogP contribution in [0.5, 0.6) is 5.75 Å². The van der Waals surface area contributed by atoms with Gasteiger partial charge in [0.2, 0.25) is 0 Å². The molecule has 17 heavy (non-hydrogen) atoms. The first-order valence-corrected chi connectivity index (χ1v) is 6.14. The smallest absolute Gasteiger partial charge is 0.119 e. The Labute approximate surface area is 103 Å². The summed E-state index contributed by atoms with van der Waals surface area (Å²) in [5, 5.41) is 9.92. The maximum absolute atomic E-state index is 9.92. The lowest BCUT2D eigenvalue weighted by Crippen LogP contribution is -2.09. The summed E-state index contributed by atoms with van der Waals surface area (Å²) in [6.45, 7) is 2.44. The summed E-state index contributed by atoms with van der Waals surface area (Å²) in [4.78, 5) is 0. The molecule has 1 aliphatic rings. The van der Waals surface area contributed by atoms with Crippen LogP contribution in [0, 0.1) is 11.8 Å². The van der Waals surface area contributed by atoms with Crippen LogP contribution in [0.25, 0.3) is 0 Å². The molecule has 0 amide bonds. The molecule has 0 saturated carbocycles. The Bertz CT molecular complexity index is 440. The Morgan fingerprint density at radius 1 is 1.47 bits per heavy atom. The molecule has 2 heteroatoms. The number of benzene rings is 1. The van der Waals surface area contributed by atoms with Crippen molar-refractivity contribution in [3.63, 3.8) is 0 Å². The number of aryl methyl sites for hydroxylation is 1. The lowest BCUT2D eigenvalue weighted by atomic mass is 9.89. The molecule has 1 atom stereocenters. The molecule has 0 bridgehead atoms. The second-order valence-electron chi connectivity index (χ2n) is 4.29. The molecule has 1 aromatic carbocycles. The topological polar surface area (TPSA) is 29.5 Å². The van der Waals surface area contributed by atoms with E-state index in [9.17, 15) is 5.11 Å². The van der Waals surface area contributed by atoms with Crippen molar-refractivity contribution in [3.8, 4) is 17.6 Å². The van der Waals surface area contributed by atoms with E-state index in [1.165, 1.54) is 5.56 Å². The third kappa shape index (κ3) is 3.01. The fraction of sp³-hybridized carbons (Fsp3) is 0.467. The minimum absolute atomic E-state index is 0.322. The largest absolute Gasteiger partial charge is 0.493 e. The van der Waals surface area contributed by atoms with E-state index in [1.807, 2.05) is 19.1 Å². The molecule has 1 N–H and O–H groups in total. The molecular formula is C15H18O2. The lowest BCUT2D eigenvalue weighted by molar-refractivity contribution is 0.156. The highest BCUT2D eigenvalue weighted by Crippen LogP contribution is 2.32. The van der Waals surface area contributed by atoms with E-state index in [-0.39, 0.29) is 6.10 Å². The third-order valence-corrected chi connectivity index (χ3v) is 3.07. The minimum atomic E-state index is -0.322. The number of rotatable bonds is 3. The van der Waals surface area contributed by atoms with Gasteiger partial charge in [-0.05, 0) is 49.4 Å². The van der Waals surface area contributed by atoms with Crippen LogP contribution in [0.3, 0.4) is 0 Å². The summed E-state index contributed by atoms with van der Waals surface area (Å²) in [7, 11) is 0. The van der Waals surface area contributed by atoms with Crippen molar-refractivity contribution >= 4 is 0 Å². The van der Waals surface area contributed by atoms with Crippen molar-refractivity contribution in [1.82, 2.24) is 0 Å². The molecule has 1 aliphatic carbocycles. The number of hydrogen-bond acceptors (Lipinski definition) is 2. The summed E-state index contributed by atoms with van der Waals surface area (Å²) in [6.07, 6.45) is 3.42. The van der Waals surface area contributed by atoms with Crippen LogP contribution in [0.2, 0.25) is 0 Å². The SMILES string of the molecule is CC#CCCOc1ccc2c(c1)[C@@H](O)CCC2. The summed E-state index contributed by atoms with van der Waals surface area (Å²) < 4.78 is 5.61. The van der Waals surface area contributed by atoms with Crippen LogP contribution >= 0.6 is 0 Å². The summed E-state index contributed by atoms with van der Waals surface area (Å²) in [5.41, 5.74) is 2.29. The Kier molecular flexibility index (Phi) is 4.06. The number of ether oxygens (including phenoxy) is 1. The van der Waals surface area contributed by atoms with Gasteiger partial charge in [-0.15, -0.1) is 11.8 Å². The quantitative estimate of drug-likeness (QED) is 0.639. The highest BCUT2D eigenvalue weighted by Gasteiger charge is 2.18. The van der Waals surface area contributed by atoms with Gasteiger partial charge in [0.25, 0.3) is 0 Å². The molecule has 0 aromatic heterocycles. The first-order chi connectivity index (χ1) is 8.31. The standard InChI is InChI=1S/C15H18O2/c1-2-3-4-10-17-13-9-8-12-6-5-7-15(16)14(12)11-13/h8-9,11,15-16H,4-7,10H2,1H3/t15-/m0/s1. The van der Waals surface area contributed by atoms with Gasteiger partial charge < -0.3 is 9.84 Å². The van der Waals surface area contributed by atoms with Crippen LogP contribution in [0.15, 0.2) is 18.2 Å². The first-order valence-electron chi connectivity index (χ1n) is 6.14. The maximum Gasteiger partial charge on any atom is 0.119 e. The van der Waals surface area contributed by atoms with Crippen LogP contribution in [0.1, 0.15) is 43.4 Å². The van der Waals surface area contributed by atoms with Gasteiger partial charge >= 0.3 is 0 Å². The Morgan fingerprint density at radius 2 is 2.35 bits per heavy atom. The molecule has 0 unspecified atom stereocenters. The Hall–Kier alpha value is -1.46. The highest BCUT2D eigenvalue weighted by molar-refractivity contribution is 5.38. The fourth-order valence-electron chi connectivity index (χ4n) is 2.19. The van der Waals surface area contributed by atoms with E-state index < -0.39 is 0 Å². The molecule has 0 spiro atoms. The van der Waals surface area contributed by atoms with E-state index in [0.717, 1.165) is 37.0 Å². The van der Waals surface area contributed by atoms with Gasteiger partial charge in [0, 0.05) is 6.42 Å². The average Bonchev–Trinajstić information content (AvgIpc) is 2.36. The zero-order valence-corrected chi connectivity index (χ0v) is 10.2. The Balaban J connectivity index is 2.03. The molecule has 0 aliphatic heterocycles. The molecular weight excluding hydrogens is 212 g/mol. The normalized spacial score (nSPS) is 17.9. The van der Waals surface area contributed by atoms with E-state index in [4.69, 9.17) is 4.74 Å². The van der Waals surface area contributed by atoms with Crippen molar-refractivity contribution in [1.29, 1.82) is 0 Å². The van der Waals surface area contributed by atoms with Crippen molar-refractivity contribution in [3.05, 3.63) is 29.3 Å². The van der Waals surface area contributed by atoms with Crippen molar-refractivity contribution in [2.24, 2.45) is 0 Å². The summed E-state index contributed by atoms with van der Waals surface area (Å²) in [5.74, 6) is 6.64. The number of hydrogen-bond donors (Lipinski definition) is 1. The summed E-state index contributed by atoms with van der Waals surface area (Å²) >= 11 is 0. The molecule has 0 radical (unpaired) electrons. The highest BCUT2D eigenvalue weighted by atomic mass is 16.5. The molecule has 1 aromatic rings. The fourth-order valence-corrected chi connectivity index (χ4v) is 2.19. The Morgan fingerprint density at radius 3 is 3.18 bits per heavy atom. The van der Waals surface area contributed by atoms with Gasteiger partial charge in [0.15, 0.2) is 0 Å². The number of aliphatic hydroxyl groups is 1. The van der Waals surface area contributed by atoms with Crippen LogP contribution < -0.4 is 4.74 Å². The third-order valence-electron chi connectivity index (χ3n) is 3.07. The maximum atomic E-state index is 9.92. The predicted octanol–water partition coefficient (Wildman–Crippen LogP) is 2.85. The summed E-state index contributed by atoms with van der Waals surface area (Å²) in [6, 6.07) is 6.02. The van der Waals surface area contributed by atoms with E-state index in [2.05, 4.69) is 17.9 Å². The van der Waals surface area contributed by atoms with Crippen molar-refractivity contribution < 1.29 is 9.84 Å². The average molecular weight is 230 g/mol. The van der Waals surface area contributed by atoms with Crippen molar-refractivity contribution in [2.75, 3.05) is 6.61 Å². The van der Waals surface area contributed by atoms with E-state index in [1.54, 1.807) is 0 Å². The minimum Gasteiger partial charge on any atom is -0.493 e. The van der Waals surface area contributed by atoms with Crippen molar-refractivity contribution in [2.45, 2.75) is 38.7 Å². The van der Waals surface area contributed by atoms with Gasteiger partial charge in [0.1, 0.15) is 5.75 Å². The molecule has 0 fully saturated rings. The van der Waals surface area contributed by atoms with Gasteiger partial charge in [-0.2, -0.15) is 0 Å². The number of aliphatic hydroxyl groups excluding tert-OH is 1. The monoisotopic (exact) mass is 230 g/mol. The lowest BCUT2D eigenvalue weighted by Gasteiger charge is -2.21. The first kappa shape index (κ1) is 12.0. The van der Waals surface area contributed by atoms with Gasteiger partial charge in [-0.25, -0.2) is 0 Å². The second-order valence-corrected chi connectivity index (χ2v) is 4.29. The van der Waals surface area contributed by atoms with Crippen LogP contribution in [0.4, 0.5) is 0 Å². The second kappa shape index (κ2) is 5.75.